The normalized spacial score (nSPS) is 4.80. The molecule has 0 aromatic carbocycles. The molecule has 0 saturated carbocycles. The molecule has 0 amide bonds. The summed E-state index contributed by atoms with van der Waals surface area (Å²) in [6.45, 7) is 0. The summed E-state index contributed by atoms with van der Waals surface area (Å²) in [4.78, 5) is 0. The fraction of sp³-hybridized carbons (Fsp3) is 0.333. The first-order chi connectivity index (χ1) is 3.46. The average Bonchev–Trinajstić information content (AvgIpc) is 1.25. The van der Waals surface area contributed by atoms with Crippen LogP contribution in [0, 0.1) is 0 Å². The Balaban J connectivity index is -0.0000000300. The van der Waals surface area contributed by atoms with Crippen LogP contribution in [0.5, 0.6) is 0 Å². The van der Waals surface area contributed by atoms with E-state index in [0.29, 0.717) is 0 Å². The average molecular weight is 210 g/mol. The van der Waals surface area contributed by atoms with Crippen LogP contribution in [0.1, 0.15) is 7.43 Å². The fourth-order valence-electron chi connectivity index (χ4n) is 0. The molecule has 6 N–H and O–H groups in total. The maximum absolute atomic E-state index is 7.56. The predicted molar refractivity (Wildman–Crippen MR) is 52.7 cm³/mol. The molecule has 58 valence electrons. The Morgan fingerprint density at radius 2 is 1.00 bits per heavy atom. The molecule has 0 aliphatic heterocycles. The summed E-state index contributed by atoms with van der Waals surface area (Å²) in [5.74, 6) is 0. The van der Waals surface area contributed by atoms with E-state index in [1.807, 2.05) is 0 Å². The van der Waals surface area contributed by atoms with E-state index < -0.39 is 10.3 Å². The molecule has 10 heavy (non-hydrogen) atoms. The Morgan fingerprint density at radius 1 is 1.00 bits per heavy atom. The van der Waals surface area contributed by atoms with Crippen LogP contribution in [0.15, 0.2) is 0 Å². The molecule has 0 radical (unpaired) electrons. The van der Waals surface area contributed by atoms with Crippen molar-refractivity contribution in [1.82, 2.24) is 0 Å². The zero-order valence-electron chi connectivity index (χ0n) is 3.87. The van der Waals surface area contributed by atoms with Crippen molar-refractivity contribution in [2.24, 2.45) is 11.5 Å². The van der Waals surface area contributed by atoms with Gasteiger partial charge in [0.2, 0.25) is 0 Å². The molecule has 0 rings (SSSR count). The third-order valence-electron chi connectivity index (χ3n) is 0. The summed E-state index contributed by atoms with van der Waals surface area (Å²) < 4.78 is 0. The van der Waals surface area contributed by atoms with E-state index in [0.717, 1.165) is 0 Å². The van der Waals surface area contributed by atoms with E-state index in [-0.39, 0.29) is 58.8 Å². The van der Waals surface area contributed by atoms with Crippen LogP contribution in [0.4, 0.5) is 0 Å². The van der Waals surface area contributed by atoms with Crippen molar-refractivity contribution < 1.29 is 10.2 Å². The summed E-state index contributed by atoms with van der Waals surface area (Å²) in [6.07, 6.45) is 0. The van der Waals surface area contributed by atoms with Gasteiger partial charge in [0.25, 0.3) is 10.3 Å². The van der Waals surface area contributed by atoms with Gasteiger partial charge in [-0.05, 0) is 24.4 Å². The first-order valence-electron chi connectivity index (χ1n) is 1.43. The van der Waals surface area contributed by atoms with E-state index in [1.165, 1.54) is 0 Å². The number of nitrogens with two attached hydrogens (primary N) is 2. The second kappa shape index (κ2) is 16.5. The molecule has 0 aliphatic rings. The molecule has 0 aromatic rings. The van der Waals surface area contributed by atoms with Gasteiger partial charge in [0.05, 0.1) is 0 Å². The number of aliphatic hydroxyl groups is 2. The van der Waals surface area contributed by atoms with Gasteiger partial charge in [-0.1, -0.05) is 7.43 Å². The standard InChI is InChI=1S/2CH3NOS.CH4.K.H/c2*2-1(3)4;;;/h2*(H3,2,3,4);1H4;;. The second-order valence-electron chi connectivity index (χ2n) is 0.676. The van der Waals surface area contributed by atoms with Crippen molar-refractivity contribution in [2.45, 2.75) is 7.43 Å². The van der Waals surface area contributed by atoms with Crippen molar-refractivity contribution in [3.05, 3.63) is 0 Å². The van der Waals surface area contributed by atoms with Crippen molar-refractivity contribution in [1.29, 1.82) is 0 Å². The Labute approximate surface area is 113 Å². The zero-order chi connectivity index (χ0) is 7.15. The van der Waals surface area contributed by atoms with Gasteiger partial charge in [0.15, 0.2) is 0 Å². The summed E-state index contributed by atoms with van der Waals surface area (Å²) >= 11 is 7.74. The molecule has 0 heterocycles. The minimum atomic E-state index is -0.500. The molecular weight excluding hydrogens is 199 g/mol. The topological polar surface area (TPSA) is 92.5 Å². The summed E-state index contributed by atoms with van der Waals surface area (Å²) in [7, 11) is 0. The monoisotopic (exact) mass is 210 g/mol. The van der Waals surface area contributed by atoms with E-state index >= 15 is 0 Å². The number of thiocarbonyl (C=S) groups is 2. The van der Waals surface area contributed by atoms with Crippen LogP contribution in [-0.4, -0.2) is 71.9 Å². The Morgan fingerprint density at radius 3 is 1.00 bits per heavy atom. The molecule has 4 nitrogen and oxygen atoms in total. The van der Waals surface area contributed by atoms with Gasteiger partial charge in [-0.15, -0.1) is 0 Å². The molecule has 0 saturated heterocycles. The van der Waals surface area contributed by atoms with Gasteiger partial charge in [-0.25, -0.2) is 0 Å². The molecular formula is C3H11KN2O2S2. The SMILES string of the molecule is C.NC(O)=S.NC(O)=S.[KH]. The number of hydrogen-bond donors (Lipinski definition) is 4. The molecule has 0 bridgehead atoms. The molecule has 7 heteroatoms. The zero-order valence-corrected chi connectivity index (χ0v) is 5.50. The van der Waals surface area contributed by atoms with Crippen molar-refractivity contribution in [3.8, 4) is 0 Å². The molecule has 0 aliphatic carbocycles. The second-order valence-corrected chi connectivity index (χ2v) is 1.51. The van der Waals surface area contributed by atoms with Crippen molar-refractivity contribution in [3.63, 3.8) is 0 Å². The van der Waals surface area contributed by atoms with Crippen LogP contribution in [-0.2, 0) is 0 Å². The van der Waals surface area contributed by atoms with Crippen LogP contribution in [0.3, 0.4) is 0 Å². The van der Waals surface area contributed by atoms with Crippen LogP contribution < -0.4 is 11.5 Å². The fourth-order valence-corrected chi connectivity index (χ4v) is 0. The Bertz CT molecular complexity index is 80.5. The third-order valence-corrected chi connectivity index (χ3v) is 0. The molecule has 0 unspecified atom stereocenters. The summed E-state index contributed by atoms with van der Waals surface area (Å²) in [6, 6.07) is 0. The first kappa shape index (κ1) is 22.5. The first-order valence-corrected chi connectivity index (χ1v) is 2.25. The van der Waals surface area contributed by atoms with Gasteiger partial charge < -0.3 is 21.7 Å². The predicted octanol–water partition coefficient (Wildman–Crippen LogP) is -0.436. The van der Waals surface area contributed by atoms with Gasteiger partial charge >= 0.3 is 51.4 Å². The van der Waals surface area contributed by atoms with E-state index in [4.69, 9.17) is 10.2 Å². The quantitative estimate of drug-likeness (QED) is 0.320. The number of aliphatic hydroxyl groups excluding tert-OH is 2. The van der Waals surface area contributed by atoms with Crippen LogP contribution >= 0.6 is 24.4 Å². The summed E-state index contributed by atoms with van der Waals surface area (Å²) in [5.41, 5.74) is 8.80. The van der Waals surface area contributed by atoms with Crippen LogP contribution in [0.2, 0.25) is 0 Å². The number of rotatable bonds is 0. The van der Waals surface area contributed by atoms with Crippen molar-refractivity contribution >= 4 is 86.2 Å². The van der Waals surface area contributed by atoms with Gasteiger partial charge in [0.1, 0.15) is 0 Å². The van der Waals surface area contributed by atoms with E-state index in [1.54, 1.807) is 0 Å². The summed E-state index contributed by atoms with van der Waals surface area (Å²) in [5, 5.41) is 14.1. The van der Waals surface area contributed by atoms with Gasteiger partial charge in [-0.2, -0.15) is 0 Å². The van der Waals surface area contributed by atoms with Gasteiger partial charge in [-0.3, -0.25) is 0 Å². The maximum atomic E-state index is 7.56. The van der Waals surface area contributed by atoms with E-state index in [9.17, 15) is 0 Å². The van der Waals surface area contributed by atoms with Gasteiger partial charge in [0, 0.05) is 0 Å². The van der Waals surface area contributed by atoms with Crippen LogP contribution in [0.25, 0.3) is 0 Å². The Kier molecular flexibility index (Phi) is 37.1. The number of hydrogen-bond acceptors (Lipinski definition) is 2. The van der Waals surface area contributed by atoms with Crippen molar-refractivity contribution in [2.75, 3.05) is 0 Å². The molecule has 0 fully saturated rings. The Hall–Kier alpha value is 1.02. The molecule has 0 aromatic heterocycles. The minimum absolute atomic E-state index is 0. The molecule has 0 spiro atoms. The third kappa shape index (κ3) is 561. The van der Waals surface area contributed by atoms with E-state index in [2.05, 4.69) is 35.9 Å². The molecule has 0 atom stereocenters.